The summed E-state index contributed by atoms with van der Waals surface area (Å²) in [5.74, 6) is -0.779. The largest absolute Gasteiger partial charge is 0.378 e. The van der Waals surface area contributed by atoms with Gasteiger partial charge >= 0.3 is 0 Å². The maximum absolute atomic E-state index is 13.3. The highest BCUT2D eigenvalue weighted by Gasteiger charge is 2.18. The van der Waals surface area contributed by atoms with Crippen molar-refractivity contribution in [3.8, 4) is 0 Å². The van der Waals surface area contributed by atoms with Crippen LogP contribution in [0.15, 0.2) is 29.1 Å². The lowest BCUT2D eigenvalue weighted by Crippen LogP contribution is -2.34. The Kier molecular flexibility index (Phi) is 4.94. The number of hydrogen-bond donors (Lipinski definition) is 2. The SMILES string of the molecule is C[C@H](CC[C@H]1CCCO1)NC(=O)c1cc(=O)[nH]c2cc(F)ccc12. The number of amides is 1. The lowest BCUT2D eigenvalue weighted by atomic mass is 10.1. The molecule has 128 valence electrons. The topological polar surface area (TPSA) is 71.2 Å². The van der Waals surface area contributed by atoms with E-state index < -0.39 is 11.4 Å². The summed E-state index contributed by atoms with van der Waals surface area (Å²) in [6.07, 6.45) is 4.17. The van der Waals surface area contributed by atoms with E-state index in [-0.39, 0.29) is 23.6 Å². The molecule has 1 aliphatic rings. The first-order valence-electron chi connectivity index (χ1n) is 8.28. The lowest BCUT2D eigenvalue weighted by molar-refractivity contribution is 0.0900. The van der Waals surface area contributed by atoms with Crippen molar-refractivity contribution in [2.24, 2.45) is 0 Å². The zero-order chi connectivity index (χ0) is 17.1. The van der Waals surface area contributed by atoms with E-state index in [0.717, 1.165) is 32.3 Å². The summed E-state index contributed by atoms with van der Waals surface area (Å²) in [5, 5.41) is 3.44. The molecule has 2 heterocycles. The van der Waals surface area contributed by atoms with E-state index in [2.05, 4.69) is 10.3 Å². The summed E-state index contributed by atoms with van der Waals surface area (Å²) in [4.78, 5) is 26.8. The van der Waals surface area contributed by atoms with Crippen molar-refractivity contribution in [1.29, 1.82) is 0 Å². The summed E-state index contributed by atoms with van der Waals surface area (Å²) in [5.41, 5.74) is 0.155. The molecule has 0 unspecified atom stereocenters. The maximum atomic E-state index is 13.3. The average molecular weight is 332 g/mol. The number of ether oxygens (including phenoxy) is 1. The molecule has 0 radical (unpaired) electrons. The normalized spacial score (nSPS) is 18.7. The lowest BCUT2D eigenvalue weighted by Gasteiger charge is -2.17. The van der Waals surface area contributed by atoms with Crippen LogP contribution in [0.4, 0.5) is 4.39 Å². The van der Waals surface area contributed by atoms with Crippen molar-refractivity contribution >= 4 is 16.8 Å². The maximum Gasteiger partial charge on any atom is 0.252 e. The molecule has 6 heteroatoms. The van der Waals surface area contributed by atoms with Crippen molar-refractivity contribution in [1.82, 2.24) is 10.3 Å². The van der Waals surface area contributed by atoms with Gasteiger partial charge in [-0.2, -0.15) is 0 Å². The Bertz CT molecular complexity index is 796. The molecule has 1 aromatic heterocycles. The molecule has 3 rings (SSSR count). The van der Waals surface area contributed by atoms with E-state index in [0.29, 0.717) is 10.9 Å². The highest BCUT2D eigenvalue weighted by Crippen LogP contribution is 2.19. The van der Waals surface area contributed by atoms with Gasteiger partial charge in [-0.05, 0) is 50.8 Å². The van der Waals surface area contributed by atoms with Gasteiger partial charge in [0.15, 0.2) is 0 Å². The van der Waals surface area contributed by atoms with Crippen molar-refractivity contribution in [2.45, 2.75) is 44.8 Å². The Hall–Kier alpha value is -2.21. The van der Waals surface area contributed by atoms with Gasteiger partial charge in [-0.1, -0.05) is 0 Å². The molecule has 1 saturated heterocycles. The number of carbonyl (C=O) groups is 1. The first kappa shape index (κ1) is 16.6. The van der Waals surface area contributed by atoms with E-state index in [1.807, 2.05) is 6.92 Å². The van der Waals surface area contributed by atoms with Crippen molar-refractivity contribution in [3.05, 3.63) is 46.0 Å². The summed E-state index contributed by atoms with van der Waals surface area (Å²) in [6.45, 7) is 2.75. The first-order chi connectivity index (χ1) is 11.5. The molecule has 2 aromatic rings. The minimum Gasteiger partial charge on any atom is -0.378 e. The number of benzene rings is 1. The Morgan fingerprint density at radius 1 is 1.46 bits per heavy atom. The Labute approximate surface area is 139 Å². The Morgan fingerprint density at radius 2 is 2.29 bits per heavy atom. The number of hydrogen-bond acceptors (Lipinski definition) is 3. The van der Waals surface area contributed by atoms with E-state index in [1.165, 1.54) is 24.3 Å². The van der Waals surface area contributed by atoms with Gasteiger partial charge in [0.1, 0.15) is 5.82 Å². The fourth-order valence-electron chi connectivity index (χ4n) is 3.10. The fourth-order valence-corrected chi connectivity index (χ4v) is 3.10. The molecule has 1 aliphatic heterocycles. The van der Waals surface area contributed by atoms with Gasteiger partial charge in [-0.3, -0.25) is 9.59 Å². The van der Waals surface area contributed by atoms with Crippen LogP contribution in [0.1, 0.15) is 43.0 Å². The minimum atomic E-state index is -0.458. The molecule has 0 bridgehead atoms. The van der Waals surface area contributed by atoms with Gasteiger partial charge in [-0.25, -0.2) is 4.39 Å². The highest BCUT2D eigenvalue weighted by atomic mass is 19.1. The van der Waals surface area contributed by atoms with E-state index >= 15 is 0 Å². The zero-order valence-corrected chi connectivity index (χ0v) is 13.6. The van der Waals surface area contributed by atoms with E-state index in [4.69, 9.17) is 4.74 Å². The number of halogens is 1. The predicted octanol–water partition coefficient (Wildman–Crippen LogP) is 2.74. The molecule has 1 amide bonds. The standard InChI is InChI=1S/C18H21FN2O3/c1-11(4-6-13-3-2-8-24-13)20-18(23)15-10-17(22)21-16-9-12(19)5-7-14(15)16/h5,7,9-11,13H,2-4,6,8H2,1H3,(H,20,23)(H,21,22)/t11-,13-/m1/s1. The second-order valence-corrected chi connectivity index (χ2v) is 6.32. The Morgan fingerprint density at radius 3 is 3.04 bits per heavy atom. The monoisotopic (exact) mass is 332 g/mol. The smallest absolute Gasteiger partial charge is 0.252 e. The number of aromatic amines is 1. The molecule has 2 N–H and O–H groups in total. The number of nitrogens with one attached hydrogen (secondary N) is 2. The molecule has 24 heavy (non-hydrogen) atoms. The molecule has 5 nitrogen and oxygen atoms in total. The van der Waals surface area contributed by atoms with Crippen LogP contribution in [0.25, 0.3) is 10.9 Å². The quantitative estimate of drug-likeness (QED) is 0.884. The van der Waals surface area contributed by atoms with Crippen molar-refractivity contribution < 1.29 is 13.9 Å². The molecular weight excluding hydrogens is 311 g/mol. The van der Waals surface area contributed by atoms with Crippen LogP contribution >= 0.6 is 0 Å². The van der Waals surface area contributed by atoms with Crippen LogP contribution in [0.5, 0.6) is 0 Å². The van der Waals surface area contributed by atoms with Crippen LogP contribution in [-0.4, -0.2) is 29.6 Å². The number of H-pyrrole nitrogens is 1. The number of pyridine rings is 1. The fraction of sp³-hybridized carbons (Fsp3) is 0.444. The van der Waals surface area contributed by atoms with Crippen LogP contribution in [-0.2, 0) is 4.74 Å². The third-order valence-electron chi connectivity index (χ3n) is 4.37. The molecule has 2 atom stereocenters. The number of fused-ring (bicyclic) bond motifs is 1. The van der Waals surface area contributed by atoms with E-state index in [9.17, 15) is 14.0 Å². The minimum absolute atomic E-state index is 0.0310. The summed E-state index contributed by atoms with van der Waals surface area (Å²) in [6, 6.07) is 5.22. The number of rotatable bonds is 5. The third kappa shape index (κ3) is 3.82. The third-order valence-corrected chi connectivity index (χ3v) is 4.37. The predicted molar refractivity (Wildman–Crippen MR) is 89.7 cm³/mol. The molecule has 0 spiro atoms. The average Bonchev–Trinajstić information content (AvgIpc) is 3.05. The second kappa shape index (κ2) is 7.13. The summed E-state index contributed by atoms with van der Waals surface area (Å²) < 4.78 is 18.9. The van der Waals surface area contributed by atoms with Gasteiger partial charge in [0, 0.05) is 24.1 Å². The summed E-state index contributed by atoms with van der Waals surface area (Å²) in [7, 11) is 0. The Balaban J connectivity index is 1.72. The van der Waals surface area contributed by atoms with Gasteiger partial charge in [-0.15, -0.1) is 0 Å². The van der Waals surface area contributed by atoms with Crippen LogP contribution in [0.2, 0.25) is 0 Å². The molecule has 0 aliphatic carbocycles. The van der Waals surface area contributed by atoms with Crippen molar-refractivity contribution in [3.63, 3.8) is 0 Å². The zero-order valence-electron chi connectivity index (χ0n) is 13.6. The van der Waals surface area contributed by atoms with Crippen LogP contribution < -0.4 is 10.9 Å². The van der Waals surface area contributed by atoms with Crippen molar-refractivity contribution in [2.75, 3.05) is 6.61 Å². The van der Waals surface area contributed by atoms with Gasteiger partial charge in [0.05, 0.1) is 17.2 Å². The second-order valence-electron chi connectivity index (χ2n) is 6.32. The van der Waals surface area contributed by atoms with Gasteiger partial charge < -0.3 is 15.0 Å². The van der Waals surface area contributed by atoms with Crippen LogP contribution in [0.3, 0.4) is 0 Å². The van der Waals surface area contributed by atoms with Gasteiger partial charge in [0.25, 0.3) is 5.91 Å². The molecule has 1 aromatic carbocycles. The number of aromatic nitrogens is 1. The van der Waals surface area contributed by atoms with E-state index in [1.54, 1.807) is 0 Å². The van der Waals surface area contributed by atoms with Gasteiger partial charge in [0.2, 0.25) is 5.56 Å². The molecule has 1 fully saturated rings. The summed E-state index contributed by atoms with van der Waals surface area (Å²) >= 11 is 0. The highest BCUT2D eigenvalue weighted by molar-refractivity contribution is 6.06. The first-order valence-corrected chi connectivity index (χ1v) is 8.28. The molecule has 0 saturated carbocycles. The number of carbonyl (C=O) groups excluding carboxylic acids is 1. The molecular formula is C18H21FN2O3. The van der Waals surface area contributed by atoms with Crippen LogP contribution in [0, 0.1) is 5.82 Å².